The minimum absolute atomic E-state index is 0.0266. The number of rotatable bonds is 5. The van der Waals surface area contributed by atoms with Crippen molar-refractivity contribution in [1.29, 1.82) is 0 Å². The van der Waals surface area contributed by atoms with Gasteiger partial charge in [-0.15, -0.1) is 0 Å². The van der Waals surface area contributed by atoms with Gasteiger partial charge in [-0.1, -0.05) is 18.0 Å². The van der Waals surface area contributed by atoms with Crippen molar-refractivity contribution >= 4 is 6.03 Å². The third-order valence-corrected chi connectivity index (χ3v) is 5.91. The fourth-order valence-corrected chi connectivity index (χ4v) is 4.38. The van der Waals surface area contributed by atoms with Crippen LogP contribution in [0, 0.1) is 19.3 Å². The summed E-state index contributed by atoms with van der Waals surface area (Å²) in [5, 5.41) is 7.20. The van der Waals surface area contributed by atoms with Crippen LogP contribution in [0.2, 0.25) is 0 Å². The van der Waals surface area contributed by atoms with Gasteiger partial charge in [0.25, 0.3) is 0 Å². The molecule has 1 aromatic rings. The number of hydrogen-bond donors (Lipinski definition) is 1. The minimum atomic E-state index is -0.0266. The van der Waals surface area contributed by atoms with Crippen LogP contribution in [-0.2, 0) is 11.3 Å². The molecular weight excluding hydrogens is 306 g/mol. The number of ether oxygens (including phenoxy) is 1. The first kappa shape index (κ1) is 17.3. The van der Waals surface area contributed by atoms with Gasteiger partial charge in [-0.3, -0.25) is 0 Å². The molecule has 2 aliphatic rings. The van der Waals surface area contributed by atoms with E-state index in [4.69, 9.17) is 9.26 Å². The van der Waals surface area contributed by atoms with E-state index in [-0.39, 0.29) is 17.5 Å². The van der Waals surface area contributed by atoms with Crippen LogP contribution in [0.15, 0.2) is 4.52 Å². The topological polar surface area (TPSA) is 67.6 Å². The molecule has 6 heteroatoms. The quantitative estimate of drug-likeness (QED) is 0.897. The summed E-state index contributed by atoms with van der Waals surface area (Å²) >= 11 is 0. The highest BCUT2D eigenvalue weighted by molar-refractivity contribution is 5.74. The first-order chi connectivity index (χ1) is 11.5. The van der Waals surface area contributed by atoms with E-state index in [1.54, 1.807) is 4.90 Å². The standard InChI is InChI=1S/C18H29N3O3/c1-5-23-16-10-15(18(16)8-6-7-9-18)19-17(22)21(4)11-14-12(2)20-24-13(14)3/h15-16H,5-11H2,1-4H3,(H,19,22). The molecule has 0 saturated heterocycles. The molecule has 2 unspecified atom stereocenters. The van der Waals surface area contributed by atoms with Crippen molar-refractivity contribution < 1.29 is 14.1 Å². The Bertz CT molecular complexity index is 573. The molecule has 2 atom stereocenters. The van der Waals surface area contributed by atoms with Gasteiger partial charge in [0, 0.05) is 30.7 Å². The predicted octanol–water partition coefficient (Wildman–Crippen LogP) is 3.17. The summed E-state index contributed by atoms with van der Waals surface area (Å²) in [6.07, 6.45) is 6.05. The van der Waals surface area contributed by atoms with Crippen molar-refractivity contribution in [3.8, 4) is 0 Å². The molecule has 1 heterocycles. The summed E-state index contributed by atoms with van der Waals surface area (Å²) in [7, 11) is 1.82. The second-order valence-corrected chi connectivity index (χ2v) is 7.28. The molecule has 2 saturated carbocycles. The predicted molar refractivity (Wildman–Crippen MR) is 90.7 cm³/mol. The number of nitrogens with one attached hydrogen (secondary N) is 1. The average molecular weight is 335 g/mol. The molecule has 3 rings (SSSR count). The molecule has 1 aromatic heterocycles. The third kappa shape index (κ3) is 2.92. The van der Waals surface area contributed by atoms with Crippen LogP contribution < -0.4 is 5.32 Å². The molecule has 2 amide bonds. The summed E-state index contributed by atoms with van der Waals surface area (Å²) in [5.41, 5.74) is 2.00. The van der Waals surface area contributed by atoms with Gasteiger partial charge in [0.15, 0.2) is 0 Å². The number of aryl methyl sites for hydroxylation is 2. The molecule has 2 aliphatic carbocycles. The van der Waals surface area contributed by atoms with Gasteiger partial charge in [-0.05, 0) is 40.0 Å². The van der Waals surface area contributed by atoms with Crippen LogP contribution in [-0.4, -0.2) is 41.9 Å². The second-order valence-electron chi connectivity index (χ2n) is 7.28. The summed E-state index contributed by atoms with van der Waals surface area (Å²) < 4.78 is 11.1. The number of nitrogens with zero attached hydrogens (tertiary/aromatic N) is 2. The van der Waals surface area contributed by atoms with E-state index in [2.05, 4.69) is 10.5 Å². The number of urea groups is 1. The van der Waals surface area contributed by atoms with Crippen molar-refractivity contribution in [2.24, 2.45) is 5.41 Å². The number of carbonyl (C=O) groups is 1. The van der Waals surface area contributed by atoms with Gasteiger partial charge in [0.1, 0.15) is 5.76 Å². The maximum absolute atomic E-state index is 12.6. The summed E-state index contributed by atoms with van der Waals surface area (Å²) in [6, 6.07) is 0.206. The zero-order valence-electron chi connectivity index (χ0n) is 15.2. The lowest BCUT2D eigenvalue weighted by atomic mass is 9.60. The lowest BCUT2D eigenvalue weighted by molar-refractivity contribution is -0.127. The Labute approximate surface area is 143 Å². The van der Waals surface area contributed by atoms with Crippen LogP contribution in [0.3, 0.4) is 0 Å². The lowest BCUT2D eigenvalue weighted by Crippen LogP contribution is -2.64. The van der Waals surface area contributed by atoms with E-state index in [9.17, 15) is 4.79 Å². The molecule has 0 bridgehead atoms. The smallest absolute Gasteiger partial charge is 0.317 e. The highest BCUT2D eigenvalue weighted by Crippen LogP contribution is 2.54. The molecule has 0 aliphatic heterocycles. The van der Waals surface area contributed by atoms with E-state index in [0.717, 1.165) is 42.9 Å². The Morgan fingerprint density at radius 1 is 1.42 bits per heavy atom. The van der Waals surface area contributed by atoms with Crippen LogP contribution >= 0.6 is 0 Å². The highest BCUT2D eigenvalue weighted by atomic mass is 16.5. The fourth-order valence-electron chi connectivity index (χ4n) is 4.38. The Kier molecular flexibility index (Phi) is 4.85. The van der Waals surface area contributed by atoms with Crippen LogP contribution in [0.25, 0.3) is 0 Å². The molecule has 1 spiro atoms. The number of amides is 2. The maximum Gasteiger partial charge on any atom is 0.317 e. The second kappa shape index (κ2) is 6.75. The molecule has 6 nitrogen and oxygen atoms in total. The first-order valence-electron chi connectivity index (χ1n) is 9.03. The zero-order chi connectivity index (χ0) is 17.3. The molecular formula is C18H29N3O3. The van der Waals surface area contributed by atoms with E-state index in [0.29, 0.717) is 12.6 Å². The SMILES string of the molecule is CCOC1CC(NC(=O)N(C)Cc2c(C)noc2C)C12CCCC2. The Hall–Kier alpha value is -1.56. The van der Waals surface area contributed by atoms with Crippen molar-refractivity contribution in [2.45, 2.75) is 71.6 Å². The Morgan fingerprint density at radius 3 is 2.71 bits per heavy atom. The number of carbonyl (C=O) groups excluding carboxylic acids is 1. The minimum Gasteiger partial charge on any atom is -0.378 e. The zero-order valence-corrected chi connectivity index (χ0v) is 15.2. The van der Waals surface area contributed by atoms with Crippen molar-refractivity contribution in [1.82, 2.24) is 15.4 Å². The average Bonchev–Trinajstić information content (AvgIpc) is 3.18. The molecule has 0 radical (unpaired) electrons. The maximum atomic E-state index is 12.6. The van der Waals surface area contributed by atoms with Gasteiger partial charge in [0.05, 0.1) is 18.3 Å². The molecule has 1 N–H and O–H groups in total. The van der Waals surface area contributed by atoms with Gasteiger partial charge in [0.2, 0.25) is 0 Å². The molecule has 2 fully saturated rings. The molecule has 134 valence electrons. The van der Waals surface area contributed by atoms with Crippen molar-refractivity contribution in [2.75, 3.05) is 13.7 Å². The first-order valence-corrected chi connectivity index (χ1v) is 9.03. The third-order valence-electron chi connectivity index (χ3n) is 5.91. The normalized spacial score (nSPS) is 24.8. The fraction of sp³-hybridized carbons (Fsp3) is 0.778. The van der Waals surface area contributed by atoms with Crippen LogP contribution in [0.1, 0.15) is 56.0 Å². The molecule has 24 heavy (non-hydrogen) atoms. The van der Waals surface area contributed by atoms with E-state index >= 15 is 0 Å². The highest BCUT2D eigenvalue weighted by Gasteiger charge is 2.57. The van der Waals surface area contributed by atoms with Crippen molar-refractivity contribution in [3.63, 3.8) is 0 Å². The lowest BCUT2D eigenvalue weighted by Gasteiger charge is -2.54. The molecule has 0 aromatic carbocycles. The van der Waals surface area contributed by atoms with Gasteiger partial charge < -0.3 is 19.5 Å². The number of aromatic nitrogens is 1. The Balaban J connectivity index is 1.60. The monoisotopic (exact) mass is 335 g/mol. The van der Waals surface area contributed by atoms with Gasteiger partial charge >= 0.3 is 6.03 Å². The summed E-state index contributed by atoms with van der Waals surface area (Å²) in [6.45, 7) is 7.10. The van der Waals surface area contributed by atoms with E-state index in [1.807, 2.05) is 27.8 Å². The number of hydrogen-bond acceptors (Lipinski definition) is 4. The van der Waals surface area contributed by atoms with Crippen LogP contribution in [0.4, 0.5) is 4.79 Å². The summed E-state index contributed by atoms with van der Waals surface area (Å²) in [5.74, 6) is 0.777. The Morgan fingerprint density at radius 2 is 2.12 bits per heavy atom. The van der Waals surface area contributed by atoms with Gasteiger partial charge in [-0.25, -0.2) is 4.79 Å². The van der Waals surface area contributed by atoms with Crippen LogP contribution in [0.5, 0.6) is 0 Å². The summed E-state index contributed by atoms with van der Waals surface area (Å²) in [4.78, 5) is 14.3. The largest absolute Gasteiger partial charge is 0.378 e. The van der Waals surface area contributed by atoms with E-state index < -0.39 is 0 Å². The van der Waals surface area contributed by atoms with Crippen molar-refractivity contribution in [3.05, 3.63) is 17.0 Å². The van der Waals surface area contributed by atoms with Gasteiger partial charge in [-0.2, -0.15) is 0 Å². The van der Waals surface area contributed by atoms with E-state index in [1.165, 1.54) is 12.8 Å².